The highest BCUT2D eigenvalue weighted by Crippen LogP contribution is 2.20. The molecular weight excluding hydrogens is 484 g/mol. The van der Waals surface area contributed by atoms with Crippen molar-refractivity contribution in [2.24, 2.45) is 0 Å². The number of carboxylic acid groups (broad SMARTS) is 2. The molecule has 0 saturated heterocycles. The fourth-order valence-corrected chi connectivity index (χ4v) is 4.02. The van der Waals surface area contributed by atoms with E-state index < -0.39 is 55.4 Å². The Morgan fingerprint density at radius 2 is 1.22 bits per heavy atom. The number of hydrogen-bond donors (Lipinski definition) is 5. The molecule has 37 heavy (non-hydrogen) atoms. The zero-order chi connectivity index (χ0) is 27.9. The summed E-state index contributed by atoms with van der Waals surface area (Å²) in [5.74, 6) is -4.55. The highest BCUT2D eigenvalue weighted by molar-refractivity contribution is 5.88. The molecule has 3 atom stereocenters. The number of ether oxygens (including phenoxy) is 2. The number of unbranched alkanes of at least 4 members (excludes halogenated alkanes) is 14. The number of carbonyl (C=O) groups excluding carboxylic acids is 1. The van der Waals surface area contributed by atoms with E-state index in [0.29, 0.717) is 6.42 Å². The third kappa shape index (κ3) is 20.0. The molecule has 5 N–H and O–H groups in total. The maximum Gasteiger partial charge on any atom is 0.336 e. The molecule has 10 nitrogen and oxygen atoms in total. The van der Waals surface area contributed by atoms with E-state index in [9.17, 15) is 24.6 Å². The summed E-state index contributed by atoms with van der Waals surface area (Å²) in [4.78, 5) is 34.3. The van der Waals surface area contributed by atoms with Crippen LogP contribution in [0.2, 0.25) is 0 Å². The van der Waals surface area contributed by atoms with E-state index in [0.717, 1.165) is 19.3 Å². The third-order valence-corrected chi connectivity index (χ3v) is 6.27. The highest BCUT2D eigenvalue weighted by atomic mass is 16.7. The summed E-state index contributed by atoms with van der Waals surface area (Å²) in [7, 11) is 0. The number of esters is 1. The van der Waals surface area contributed by atoms with E-state index in [1.165, 1.54) is 70.6 Å². The Kier molecular flexibility index (Phi) is 21.2. The largest absolute Gasteiger partial charge is 0.481 e. The van der Waals surface area contributed by atoms with Crippen LogP contribution in [0.3, 0.4) is 0 Å². The van der Waals surface area contributed by atoms with Gasteiger partial charge in [0.15, 0.2) is 5.60 Å². The lowest BCUT2D eigenvalue weighted by molar-refractivity contribution is -0.194. The summed E-state index contributed by atoms with van der Waals surface area (Å²) in [5, 5.41) is 46.4. The lowest BCUT2D eigenvalue weighted by Crippen LogP contribution is -2.43. The number of rotatable bonds is 26. The van der Waals surface area contributed by atoms with Gasteiger partial charge in [0.1, 0.15) is 6.10 Å². The van der Waals surface area contributed by atoms with Crippen LogP contribution >= 0.6 is 0 Å². The first-order valence-electron chi connectivity index (χ1n) is 13.9. The van der Waals surface area contributed by atoms with Crippen LogP contribution in [0.1, 0.15) is 122 Å². The SMILES string of the molecule is CCCCCCCCCCCCCCCCCC(OCC(O)CO)OC(=O)CC(O)(CC(=O)O)C(=O)O. The predicted molar refractivity (Wildman–Crippen MR) is 138 cm³/mol. The minimum absolute atomic E-state index is 0.284. The van der Waals surface area contributed by atoms with Crippen LogP contribution in [0.5, 0.6) is 0 Å². The molecule has 0 radical (unpaired) electrons. The van der Waals surface area contributed by atoms with Gasteiger partial charge >= 0.3 is 17.9 Å². The zero-order valence-corrected chi connectivity index (χ0v) is 22.6. The monoisotopic (exact) mass is 534 g/mol. The van der Waals surface area contributed by atoms with Crippen molar-refractivity contribution < 1.29 is 49.4 Å². The maximum atomic E-state index is 12.2. The topological polar surface area (TPSA) is 171 Å². The van der Waals surface area contributed by atoms with Gasteiger partial charge in [-0.1, -0.05) is 96.8 Å². The number of aliphatic hydroxyl groups excluding tert-OH is 2. The molecule has 10 heteroatoms. The third-order valence-electron chi connectivity index (χ3n) is 6.27. The van der Waals surface area contributed by atoms with Crippen molar-refractivity contribution in [3.63, 3.8) is 0 Å². The molecule has 0 bridgehead atoms. The Hall–Kier alpha value is -1.75. The zero-order valence-electron chi connectivity index (χ0n) is 22.6. The van der Waals surface area contributed by atoms with Crippen LogP contribution in [-0.2, 0) is 23.9 Å². The van der Waals surface area contributed by atoms with Crippen molar-refractivity contribution in [2.45, 2.75) is 140 Å². The van der Waals surface area contributed by atoms with Gasteiger partial charge in [0.2, 0.25) is 6.29 Å². The van der Waals surface area contributed by atoms with Crippen LogP contribution in [-0.4, -0.2) is 74.6 Å². The summed E-state index contributed by atoms with van der Waals surface area (Å²) in [6.45, 7) is 1.39. The van der Waals surface area contributed by atoms with E-state index in [1.54, 1.807) is 0 Å². The molecule has 0 heterocycles. The summed E-state index contributed by atoms with van der Waals surface area (Å²) in [6, 6.07) is 0. The van der Waals surface area contributed by atoms with Crippen LogP contribution in [0.4, 0.5) is 0 Å². The molecule has 0 spiro atoms. The lowest BCUT2D eigenvalue weighted by Gasteiger charge is -2.23. The number of carboxylic acids is 2. The van der Waals surface area contributed by atoms with Crippen molar-refractivity contribution in [1.29, 1.82) is 0 Å². The van der Waals surface area contributed by atoms with Crippen LogP contribution in [0.15, 0.2) is 0 Å². The van der Waals surface area contributed by atoms with Gasteiger partial charge in [-0.3, -0.25) is 9.59 Å². The molecular formula is C27H50O10. The second-order valence-corrected chi connectivity index (χ2v) is 9.91. The molecule has 0 aromatic carbocycles. The van der Waals surface area contributed by atoms with Crippen molar-refractivity contribution in [2.75, 3.05) is 13.2 Å². The molecule has 0 aromatic rings. The molecule has 0 rings (SSSR count). The molecule has 218 valence electrons. The quantitative estimate of drug-likeness (QED) is 0.0616. The Morgan fingerprint density at radius 1 is 0.757 bits per heavy atom. The van der Waals surface area contributed by atoms with Crippen LogP contribution < -0.4 is 0 Å². The number of carbonyl (C=O) groups is 3. The van der Waals surface area contributed by atoms with Crippen molar-refractivity contribution >= 4 is 17.9 Å². The Labute approximate surface area is 221 Å². The summed E-state index contributed by atoms with van der Waals surface area (Å²) in [5.41, 5.74) is -2.80. The first-order chi connectivity index (χ1) is 17.6. The maximum absolute atomic E-state index is 12.2. The summed E-state index contributed by atoms with van der Waals surface area (Å²) >= 11 is 0. The van der Waals surface area contributed by atoms with Crippen molar-refractivity contribution in [3.8, 4) is 0 Å². The van der Waals surface area contributed by atoms with Gasteiger partial charge < -0.3 is 35.0 Å². The fourth-order valence-electron chi connectivity index (χ4n) is 4.02. The fraction of sp³-hybridized carbons (Fsp3) is 0.889. The Morgan fingerprint density at radius 3 is 1.62 bits per heavy atom. The smallest absolute Gasteiger partial charge is 0.336 e. The summed E-state index contributed by atoms with van der Waals surface area (Å²) in [6.07, 6.45) is 13.7. The van der Waals surface area contributed by atoms with Gasteiger partial charge in [-0.25, -0.2) is 4.79 Å². The van der Waals surface area contributed by atoms with Crippen molar-refractivity contribution in [1.82, 2.24) is 0 Å². The van der Waals surface area contributed by atoms with E-state index in [2.05, 4.69) is 6.92 Å². The molecule has 0 saturated carbocycles. The average molecular weight is 535 g/mol. The van der Waals surface area contributed by atoms with E-state index >= 15 is 0 Å². The summed E-state index contributed by atoms with van der Waals surface area (Å²) < 4.78 is 10.5. The van der Waals surface area contributed by atoms with Gasteiger partial charge in [-0.15, -0.1) is 0 Å². The second-order valence-electron chi connectivity index (χ2n) is 9.91. The predicted octanol–water partition coefficient (Wildman–Crippen LogP) is 4.17. The molecule has 0 amide bonds. The molecule has 0 fully saturated rings. The second kappa shape index (κ2) is 22.3. The Bertz CT molecular complexity index is 612. The van der Waals surface area contributed by atoms with Crippen molar-refractivity contribution in [3.05, 3.63) is 0 Å². The number of aliphatic carboxylic acids is 2. The van der Waals surface area contributed by atoms with Gasteiger partial charge in [-0.2, -0.15) is 0 Å². The number of hydrogen-bond acceptors (Lipinski definition) is 8. The minimum Gasteiger partial charge on any atom is -0.481 e. The molecule has 0 aliphatic heterocycles. The first-order valence-corrected chi connectivity index (χ1v) is 13.9. The highest BCUT2D eigenvalue weighted by Gasteiger charge is 2.42. The molecule has 0 aliphatic rings. The van der Waals surface area contributed by atoms with Gasteiger partial charge in [0, 0.05) is 6.42 Å². The Balaban J connectivity index is 4.21. The molecule has 0 aliphatic carbocycles. The van der Waals surface area contributed by atoms with Gasteiger partial charge in [0.25, 0.3) is 0 Å². The standard InChI is InChI=1S/C27H50O10/c1-2-3-4-5-6-7-8-9-10-11-12-13-14-15-16-17-25(36-21-22(29)20-28)37-24(32)19-27(35,26(33)34)18-23(30)31/h22,25,28-29,35H,2-21H2,1H3,(H,30,31)(H,33,34). The minimum atomic E-state index is -2.80. The normalized spacial score (nSPS) is 14.6. The van der Waals surface area contributed by atoms with E-state index in [-0.39, 0.29) is 13.0 Å². The van der Waals surface area contributed by atoms with Crippen LogP contribution in [0, 0.1) is 0 Å². The number of aliphatic hydroxyl groups is 3. The van der Waals surface area contributed by atoms with E-state index in [4.69, 9.17) is 24.8 Å². The lowest BCUT2D eigenvalue weighted by atomic mass is 9.96. The first kappa shape index (κ1) is 35.2. The van der Waals surface area contributed by atoms with Crippen LogP contribution in [0.25, 0.3) is 0 Å². The molecule has 0 aromatic heterocycles. The van der Waals surface area contributed by atoms with Gasteiger partial charge in [0.05, 0.1) is 26.1 Å². The van der Waals surface area contributed by atoms with E-state index in [1.807, 2.05) is 0 Å². The molecule has 3 unspecified atom stereocenters. The average Bonchev–Trinajstić information content (AvgIpc) is 2.83. The van der Waals surface area contributed by atoms with Gasteiger partial charge in [-0.05, 0) is 6.42 Å².